The molecule has 13 heteroatoms. The minimum absolute atomic E-state index is 0.0208. The number of aryl methyl sites for hydroxylation is 2. The second-order valence-electron chi connectivity index (χ2n) is 10.6. The Kier molecular flexibility index (Phi) is 8.55. The summed E-state index contributed by atoms with van der Waals surface area (Å²) in [6.45, 7) is 4.88. The molecule has 3 aromatic rings. The summed E-state index contributed by atoms with van der Waals surface area (Å²) < 4.78 is 34.2. The van der Waals surface area contributed by atoms with Gasteiger partial charge in [-0.3, -0.25) is 18.7 Å². The average Bonchev–Trinajstić information content (AvgIpc) is 3.50. The van der Waals surface area contributed by atoms with Gasteiger partial charge in [0.05, 0.1) is 28.9 Å². The van der Waals surface area contributed by atoms with E-state index in [9.17, 15) is 22.8 Å². The van der Waals surface area contributed by atoms with Gasteiger partial charge in [-0.25, -0.2) is 8.42 Å². The first kappa shape index (κ1) is 29.6. The number of amides is 3. The van der Waals surface area contributed by atoms with Gasteiger partial charge in [-0.2, -0.15) is 0 Å². The van der Waals surface area contributed by atoms with Gasteiger partial charge in [0.1, 0.15) is 6.04 Å². The molecule has 0 bridgehead atoms. The van der Waals surface area contributed by atoms with Crippen molar-refractivity contribution in [3.63, 3.8) is 0 Å². The van der Waals surface area contributed by atoms with E-state index < -0.39 is 27.9 Å². The Balaban J connectivity index is 1.25. The molecular weight excluding hydrogens is 582 g/mol. The predicted octanol–water partition coefficient (Wildman–Crippen LogP) is 3.91. The molecule has 0 saturated carbocycles. The lowest BCUT2D eigenvalue weighted by Crippen LogP contribution is -2.53. The number of hydrogen-bond donors (Lipinski definition) is 2. The second kappa shape index (κ2) is 12.1. The summed E-state index contributed by atoms with van der Waals surface area (Å²) in [6.07, 6.45) is 3.34. The normalized spacial score (nSPS) is 17.5. The molecule has 3 amide bonds. The van der Waals surface area contributed by atoms with Crippen LogP contribution in [0.4, 0.5) is 11.4 Å². The number of likely N-dealkylation sites (tertiary alicyclic amines) is 1. The number of benzene rings is 2. The third kappa shape index (κ3) is 6.00. The Bertz CT molecular complexity index is 1600. The number of rotatable bonds is 8. The van der Waals surface area contributed by atoms with E-state index in [0.29, 0.717) is 53.8 Å². The Morgan fingerprint density at radius 2 is 1.86 bits per heavy atom. The fourth-order valence-corrected chi connectivity index (χ4v) is 7.59. The molecule has 3 heterocycles. The fraction of sp³-hybridized carbons (Fsp3) is 0.379. The number of carbonyl (C=O) groups excluding carboxylic acids is 3. The molecule has 1 atom stereocenters. The van der Waals surface area contributed by atoms with Gasteiger partial charge in [0, 0.05) is 30.7 Å². The standard InChI is InChI=1S/C29H32ClN5O6S/c1-18-16-26(19(2)15-21(18)30)42(39,40)35-23-6-4-3-5-22(23)33-28(37)24(35)17-27(36)31-11-7-20-9-13-34(14-10-20)29(38)25-8-12-32-41-25/h3-6,8,12,15-16,20,24H,7,9-11,13-14,17H2,1-2H3,(H,31,36)(H,33,37). The molecule has 2 N–H and O–H groups in total. The van der Waals surface area contributed by atoms with E-state index in [1.165, 1.54) is 12.3 Å². The molecular formula is C29H32ClN5O6S. The van der Waals surface area contributed by atoms with Crippen LogP contribution in [0.25, 0.3) is 0 Å². The van der Waals surface area contributed by atoms with Gasteiger partial charge >= 0.3 is 0 Å². The maximum Gasteiger partial charge on any atom is 0.292 e. The smallest absolute Gasteiger partial charge is 0.292 e. The lowest BCUT2D eigenvalue weighted by Gasteiger charge is -2.37. The molecule has 1 fully saturated rings. The zero-order chi connectivity index (χ0) is 30.0. The molecule has 5 rings (SSSR count). The number of anilines is 2. The van der Waals surface area contributed by atoms with Crippen molar-refractivity contribution in [2.45, 2.75) is 50.5 Å². The zero-order valence-corrected chi connectivity index (χ0v) is 24.9. The quantitative estimate of drug-likeness (QED) is 0.392. The monoisotopic (exact) mass is 613 g/mol. The van der Waals surface area contributed by atoms with Crippen LogP contribution in [0.2, 0.25) is 5.02 Å². The van der Waals surface area contributed by atoms with Crippen molar-refractivity contribution in [3.05, 3.63) is 70.6 Å². The number of para-hydroxylation sites is 2. The number of halogens is 1. The molecule has 1 saturated heterocycles. The number of carbonyl (C=O) groups is 3. The average molecular weight is 614 g/mol. The van der Waals surface area contributed by atoms with Crippen LogP contribution >= 0.6 is 11.6 Å². The molecule has 0 spiro atoms. The van der Waals surface area contributed by atoms with Gasteiger partial charge in [-0.05, 0) is 74.4 Å². The number of fused-ring (bicyclic) bond motifs is 1. The summed E-state index contributed by atoms with van der Waals surface area (Å²) in [5.74, 6) is -0.680. The number of nitrogens with zero attached hydrogens (tertiary/aromatic N) is 3. The first-order chi connectivity index (χ1) is 20.1. The van der Waals surface area contributed by atoms with Gasteiger partial charge < -0.3 is 20.1 Å². The number of sulfonamides is 1. The molecule has 2 aliphatic rings. The third-order valence-corrected chi connectivity index (χ3v) is 10.2. The van der Waals surface area contributed by atoms with Crippen molar-refractivity contribution >= 4 is 50.7 Å². The van der Waals surface area contributed by atoms with E-state index in [1.54, 1.807) is 55.1 Å². The molecule has 42 heavy (non-hydrogen) atoms. The first-order valence-corrected chi connectivity index (χ1v) is 15.6. The maximum atomic E-state index is 14.1. The third-order valence-electron chi connectivity index (χ3n) is 7.78. The van der Waals surface area contributed by atoms with Crippen LogP contribution in [-0.4, -0.2) is 61.9 Å². The van der Waals surface area contributed by atoms with Gasteiger partial charge in [-0.1, -0.05) is 28.9 Å². The van der Waals surface area contributed by atoms with Crippen LogP contribution in [0.3, 0.4) is 0 Å². The van der Waals surface area contributed by atoms with Crippen molar-refractivity contribution in [3.8, 4) is 0 Å². The summed E-state index contributed by atoms with van der Waals surface area (Å²) in [5.41, 5.74) is 1.65. The molecule has 11 nitrogen and oxygen atoms in total. The molecule has 2 aromatic carbocycles. The Morgan fingerprint density at radius 1 is 1.12 bits per heavy atom. The Hall–Kier alpha value is -3.90. The van der Waals surface area contributed by atoms with Crippen LogP contribution < -0.4 is 14.9 Å². The van der Waals surface area contributed by atoms with Crippen LogP contribution in [-0.2, 0) is 19.6 Å². The molecule has 0 radical (unpaired) electrons. The molecule has 2 aliphatic heterocycles. The Labute approximate surface area is 249 Å². The SMILES string of the molecule is Cc1cc(S(=O)(=O)N2c3ccccc3NC(=O)C2CC(=O)NCCC2CCN(C(=O)c3ccno3)CC2)c(C)cc1Cl. The van der Waals surface area contributed by atoms with Gasteiger partial charge in [0.2, 0.25) is 17.6 Å². The number of nitrogens with one attached hydrogen (secondary N) is 2. The van der Waals surface area contributed by atoms with Crippen LogP contribution in [0, 0.1) is 19.8 Å². The first-order valence-electron chi connectivity index (χ1n) is 13.7. The van der Waals surface area contributed by atoms with E-state index in [4.69, 9.17) is 16.1 Å². The van der Waals surface area contributed by atoms with Crippen LogP contribution in [0.15, 0.2) is 58.1 Å². The minimum Gasteiger partial charge on any atom is -0.356 e. The highest BCUT2D eigenvalue weighted by Crippen LogP contribution is 2.38. The maximum absolute atomic E-state index is 14.1. The van der Waals surface area contributed by atoms with Crippen molar-refractivity contribution in [2.24, 2.45) is 5.92 Å². The van der Waals surface area contributed by atoms with E-state index in [1.807, 2.05) is 0 Å². The molecule has 1 aromatic heterocycles. The summed E-state index contributed by atoms with van der Waals surface area (Å²) in [5, 5.41) is 9.62. The number of piperidine rings is 1. The van der Waals surface area contributed by atoms with E-state index in [0.717, 1.165) is 17.1 Å². The van der Waals surface area contributed by atoms with Gasteiger partial charge in [0.25, 0.3) is 15.9 Å². The van der Waals surface area contributed by atoms with Crippen molar-refractivity contribution in [1.82, 2.24) is 15.4 Å². The number of hydrogen-bond acceptors (Lipinski definition) is 7. The van der Waals surface area contributed by atoms with Crippen LogP contribution in [0.5, 0.6) is 0 Å². The largest absolute Gasteiger partial charge is 0.356 e. The van der Waals surface area contributed by atoms with E-state index in [2.05, 4.69) is 15.8 Å². The van der Waals surface area contributed by atoms with Crippen molar-refractivity contribution < 1.29 is 27.3 Å². The van der Waals surface area contributed by atoms with Crippen LogP contribution in [0.1, 0.15) is 47.4 Å². The van der Waals surface area contributed by atoms with Gasteiger partial charge in [-0.15, -0.1) is 0 Å². The molecule has 222 valence electrons. The second-order valence-corrected chi connectivity index (χ2v) is 12.8. The molecule has 0 aliphatic carbocycles. The molecule has 1 unspecified atom stereocenters. The Morgan fingerprint density at radius 3 is 2.57 bits per heavy atom. The van der Waals surface area contributed by atoms with Crippen molar-refractivity contribution in [1.29, 1.82) is 0 Å². The summed E-state index contributed by atoms with van der Waals surface area (Å²) in [6, 6.07) is 9.93. The summed E-state index contributed by atoms with van der Waals surface area (Å²) in [7, 11) is -4.25. The topological polar surface area (TPSA) is 142 Å². The summed E-state index contributed by atoms with van der Waals surface area (Å²) >= 11 is 6.22. The highest BCUT2D eigenvalue weighted by Gasteiger charge is 2.42. The summed E-state index contributed by atoms with van der Waals surface area (Å²) in [4.78, 5) is 40.5. The number of aromatic nitrogens is 1. The zero-order valence-electron chi connectivity index (χ0n) is 23.3. The van der Waals surface area contributed by atoms with Crippen molar-refractivity contribution in [2.75, 3.05) is 29.3 Å². The van der Waals surface area contributed by atoms with E-state index in [-0.39, 0.29) is 28.7 Å². The van der Waals surface area contributed by atoms with E-state index >= 15 is 0 Å². The predicted molar refractivity (Wildman–Crippen MR) is 157 cm³/mol. The highest BCUT2D eigenvalue weighted by atomic mass is 35.5. The highest BCUT2D eigenvalue weighted by molar-refractivity contribution is 7.93. The van der Waals surface area contributed by atoms with Gasteiger partial charge in [0.15, 0.2) is 0 Å². The lowest BCUT2D eigenvalue weighted by atomic mass is 9.93. The fourth-order valence-electron chi connectivity index (χ4n) is 5.44. The minimum atomic E-state index is -4.25. The lowest BCUT2D eigenvalue weighted by molar-refractivity contribution is -0.125.